The van der Waals surface area contributed by atoms with Gasteiger partial charge in [0, 0.05) is 12.6 Å². The lowest BCUT2D eigenvalue weighted by Gasteiger charge is -2.40. The normalized spacial score (nSPS) is 45.6. The van der Waals surface area contributed by atoms with Crippen LogP contribution in [0.15, 0.2) is 0 Å². The first-order valence-corrected chi connectivity index (χ1v) is 6.69. The highest BCUT2D eigenvalue weighted by Gasteiger charge is 2.34. The van der Waals surface area contributed by atoms with E-state index in [4.69, 9.17) is 15.2 Å². The third-order valence-corrected chi connectivity index (χ3v) is 3.92. The van der Waals surface area contributed by atoms with Crippen LogP contribution < -0.4 is 5.73 Å². The predicted octanol–water partition coefficient (Wildman–Crippen LogP) is 2.29. The molecule has 3 nitrogen and oxygen atoms in total. The number of ether oxygens (including phenoxy) is 2. The second kappa shape index (κ2) is 5.48. The summed E-state index contributed by atoms with van der Waals surface area (Å²) in [5.74, 6) is 1.12. The van der Waals surface area contributed by atoms with Crippen LogP contribution in [0.5, 0.6) is 0 Å². The number of rotatable bonds is 2. The van der Waals surface area contributed by atoms with Gasteiger partial charge in [0.1, 0.15) is 0 Å². The highest BCUT2D eigenvalue weighted by Crippen LogP contribution is 2.32. The van der Waals surface area contributed by atoms with Crippen molar-refractivity contribution >= 4 is 0 Å². The van der Waals surface area contributed by atoms with E-state index in [1.165, 1.54) is 12.8 Å². The molecule has 0 amide bonds. The summed E-state index contributed by atoms with van der Waals surface area (Å²) >= 11 is 0. The van der Waals surface area contributed by atoms with E-state index < -0.39 is 0 Å². The molecule has 1 saturated carbocycles. The van der Waals surface area contributed by atoms with Gasteiger partial charge in [-0.25, -0.2) is 0 Å². The Kier molecular flexibility index (Phi) is 4.22. The molecule has 2 rings (SSSR count). The fourth-order valence-electron chi connectivity index (χ4n) is 3.14. The zero-order valence-electron chi connectivity index (χ0n) is 10.5. The fraction of sp³-hybridized carbons (Fsp3) is 1.00. The maximum atomic E-state index is 6.13. The van der Waals surface area contributed by atoms with Crippen LogP contribution in [0, 0.1) is 11.8 Å². The molecule has 0 radical (unpaired) electrons. The number of hydrogen-bond acceptors (Lipinski definition) is 3. The van der Waals surface area contributed by atoms with Crippen LogP contribution in [-0.4, -0.2) is 25.0 Å². The monoisotopic (exact) mass is 227 g/mol. The summed E-state index contributed by atoms with van der Waals surface area (Å²) in [6.45, 7) is 5.37. The van der Waals surface area contributed by atoms with Gasteiger partial charge in [-0.05, 0) is 43.9 Å². The molecular weight excluding hydrogens is 202 g/mol. The zero-order chi connectivity index (χ0) is 11.5. The Morgan fingerprint density at radius 2 is 1.81 bits per heavy atom. The quantitative estimate of drug-likeness (QED) is 0.787. The minimum Gasteiger partial charge on any atom is -0.353 e. The van der Waals surface area contributed by atoms with E-state index in [1.54, 1.807) is 0 Å². The fourth-order valence-corrected chi connectivity index (χ4v) is 3.14. The molecule has 1 heterocycles. The average Bonchev–Trinajstić information content (AvgIpc) is 2.25. The summed E-state index contributed by atoms with van der Waals surface area (Å²) in [6.07, 6.45) is 6.02. The maximum Gasteiger partial charge on any atom is 0.157 e. The van der Waals surface area contributed by atoms with Crippen LogP contribution in [0.2, 0.25) is 0 Å². The molecule has 0 spiro atoms. The largest absolute Gasteiger partial charge is 0.353 e. The first-order chi connectivity index (χ1) is 7.66. The molecule has 0 aromatic carbocycles. The molecule has 1 saturated heterocycles. The topological polar surface area (TPSA) is 44.5 Å². The minimum atomic E-state index is 0.0398. The molecule has 94 valence electrons. The summed E-state index contributed by atoms with van der Waals surface area (Å²) in [5, 5.41) is 0. The van der Waals surface area contributed by atoms with Gasteiger partial charge >= 0.3 is 0 Å². The number of hydrogen-bond donors (Lipinski definition) is 1. The maximum absolute atomic E-state index is 6.13. The van der Waals surface area contributed by atoms with Gasteiger partial charge in [-0.3, -0.25) is 0 Å². The van der Waals surface area contributed by atoms with Crippen molar-refractivity contribution in [2.24, 2.45) is 17.6 Å². The van der Waals surface area contributed by atoms with Crippen molar-refractivity contribution in [3.63, 3.8) is 0 Å². The lowest BCUT2D eigenvalue weighted by molar-refractivity contribution is -0.213. The molecule has 3 unspecified atom stereocenters. The van der Waals surface area contributed by atoms with Gasteiger partial charge in [-0.15, -0.1) is 0 Å². The van der Waals surface area contributed by atoms with Crippen molar-refractivity contribution in [2.75, 3.05) is 6.61 Å². The Hall–Kier alpha value is -0.120. The van der Waals surface area contributed by atoms with Gasteiger partial charge in [-0.2, -0.15) is 0 Å². The third-order valence-electron chi connectivity index (χ3n) is 3.92. The minimum absolute atomic E-state index is 0.0398. The molecule has 0 aromatic heterocycles. The predicted molar refractivity (Wildman–Crippen MR) is 64.0 cm³/mol. The number of nitrogens with two attached hydrogens (primary N) is 1. The smallest absolute Gasteiger partial charge is 0.157 e. The van der Waals surface area contributed by atoms with Gasteiger partial charge in [0.2, 0.25) is 0 Å². The summed E-state index contributed by atoms with van der Waals surface area (Å²) in [4.78, 5) is 0. The van der Waals surface area contributed by atoms with Crippen molar-refractivity contribution < 1.29 is 9.47 Å². The summed E-state index contributed by atoms with van der Waals surface area (Å²) < 4.78 is 11.8. The molecular formula is C13H25NO2. The first-order valence-electron chi connectivity index (χ1n) is 6.69. The van der Waals surface area contributed by atoms with Crippen LogP contribution in [0.4, 0.5) is 0 Å². The molecule has 3 atom stereocenters. The van der Waals surface area contributed by atoms with Gasteiger partial charge in [0.05, 0.1) is 6.10 Å². The Morgan fingerprint density at radius 3 is 2.38 bits per heavy atom. The molecule has 16 heavy (non-hydrogen) atoms. The van der Waals surface area contributed by atoms with E-state index >= 15 is 0 Å². The third kappa shape index (κ3) is 2.96. The lowest BCUT2D eigenvalue weighted by atomic mass is 9.78. The Balaban J connectivity index is 1.86. The van der Waals surface area contributed by atoms with E-state index in [9.17, 15) is 0 Å². The van der Waals surface area contributed by atoms with Crippen LogP contribution in [-0.2, 0) is 9.47 Å². The van der Waals surface area contributed by atoms with E-state index in [2.05, 4.69) is 13.8 Å². The van der Waals surface area contributed by atoms with Crippen LogP contribution >= 0.6 is 0 Å². The standard InChI is InChI=1S/C13H25NO2/c1-9-7-11(14)8-10(2)13(9)16-12-5-3-4-6-15-12/h9-13H,3-8,14H2,1-2H3. The van der Waals surface area contributed by atoms with E-state index in [0.717, 1.165) is 25.9 Å². The Bertz CT molecular complexity index is 204. The molecule has 2 aliphatic rings. The highest BCUT2D eigenvalue weighted by atomic mass is 16.7. The van der Waals surface area contributed by atoms with Crippen LogP contribution in [0.25, 0.3) is 0 Å². The molecule has 0 bridgehead atoms. The van der Waals surface area contributed by atoms with Crippen molar-refractivity contribution in [3.8, 4) is 0 Å². The summed E-state index contributed by atoms with van der Waals surface area (Å²) in [6, 6.07) is 0.358. The van der Waals surface area contributed by atoms with Crippen molar-refractivity contribution in [1.29, 1.82) is 0 Å². The molecule has 2 N–H and O–H groups in total. The van der Waals surface area contributed by atoms with Gasteiger partial charge < -0.3 is 15.2 Å². The van der Waals surface area contributed by atoms with E-state index in [-0.39, 0.29) is 6.29 Å². The average molecular weight is 227 g/mol. The Morgan fingerprint density at radius 1 is 1.12 bits per heavy atom. The Labute approximate surface area is 98.7 Å². The molecule has 3 heteroatoms. The van der Waals surface area contributed by atoms with E-state index in [0.29, 0.717) is 24.0 Å². The second-order valence-corrected chi connectivity index (χ2v) is 5.58. The van der Waals surface area contributed by atoms with Crippen molar-refractivity contribution in [1.82, 2.24) is 0 Å². The van der Waals surface area contributed by atoms with Gasteiger partial charge in [0.25, 0.3) is 0 Å². The summed E-state index contributed by atoms with van der Waals surface area (Å²) in [7, 11) is 0. The van der Waals surface area contributed by atoms with E-state index in [1.807, 2.05) is 0 Å². The zero-order valence-corrected chi connectivity index (χ0v) is 10.5. The molecule has 0 aromatic rings. The molecule has 1 aliphatic carbocycles. The second-order valence-electron chi connectivity index (χ2n) is 5.58. The van der Waals surface area contributed by atoms with Crippen molar-refractivity contribution in [2.45, 2.75) is 64.4 Å². The van der Waals surface area contributed by atoms with Gasteiger partial charge in [-0.1, -0.05) is 13.8 Å². The SMILES string of the molecule is CC1CC(N)CC(C)C1OC1CCCCO1. The molecule has 2 fully saturated rings. The first kappa shape index (κ1) is 12.3. The van der Waals surface area contributed by atoms with Crippen LogP contribution in [0.1, 0.15) is 46.0 Å². The highest BCUT2D eigenvalue weighted by molar-refractivity contribution is 4.85. The summed E-state index contributed by atoms with van der Waals surface area (Å²) in [5.41, 5.74) is 6.02. The van der Waals surface area contributed by atoms with Crippen LogP contribution in [0.3, 0.4) is 0 Å². The van der Waals surface area contributed by atoms with Crippen molar-refractivity contribution in [3.05, 3.63) is 0 Å². The lowest BCUT2D eigenvalue weighted by Crippen LogP contribution is -2.44. The molecule has 1 aliphatic heterocycles. The van der Waals surface area contributed by atoms with Gasteiger partial charge in [0.15, 0.2) is 6.29 Å².